The van der Waals surface area contributed by atoms with E-state index in [1.807, 2.05) is 0 Å². The molecule has 3 nitrogen and oxygen atoms in total. The van der Waals surface area contributed by atoms with Crippen LogP contribution in [0.4, 0.5) is 0 Å². The molecule has 5 heteroatoms. The van der Waals surface area contributed by atoms with Gasteiger partial charge in [-0.1, -0.05) is 82.9 Å². The second-order valence-electron chi connectivity index (χ2n) is 5.77. The Labute approximate surface area is 185 Å². The number of hydrogen-bond acceptors (Lipinski definition) is 3. The van der Waals surface area contributed by atoms with Crippen LogP contribution in [0.2, 0.25) is 0 Å². The average molecular weight is 367 g/mol. The van der Waals surface area contributed by atoms with Gasteiger partial charge in [0.25, 0.3) is 10.1 Å². The molecule has 0 amide bonds. The van der Waals surface area contributed by atoms with E-state index in [4.69, 9.17) is 4.18 Å². The molecular weight excluding hydrogens is 335 g/mol. The molecule has 0 spiro atoms. The van der Waals surface area contributed by atoms with Crippen molar-refractivity contribution in [1.82, 2.24) is 0 Å². The Kier molecular flexibility index (Phi) is 15.6. The van der Waals surface area contributed by atoms with Crippen LogP contribution in [0, 0.1) is 0 Å². The summed E-state index contributed by atoms with van der Waals surface area (Å²) in [7, 11) is -3.57. The van der Waals surface area contributed by atoms with Crippen molar-refractivity contribution >= 4 is 61.5 Å². The third-order valence-corrected chi connectivity index (χ3v) is 5.09. The van der Waals surface area contributed by atoms with Crippen molar-refractivity contribution in [2.45, 2.75) is 76.0 Å². The third kappa shape index (κ3) is 11.9. The van der Waals surface area contributed by atoms with E-state index >= 15 is 0 Å². The van der Waals surface area contributed by atoms with E-state index in [1.54, 1.807) is 30.3 Å². The van der Waals surface area contributed by atoms with E-state index in [0.717, 1.165) is 12.8 Å². The molecule has 1 aromatic carbocycles. The Morgan fingerprint density at radius 3 is 1.78 bits per heavy atom. The first-order valence-corrected chi connectivity index (χ1v) is 10.0. The molecule has 0 bridgehead atoms. The summed E-state index contributed by atoms with van der Waals surface area (Å²) in [5.41, 5.74) is 0. The zero-order chi connectivity index (χ0) is 16.1. The van der Waals surface area contributed by atoms with Gasteiger partial charge < -0.3 is 0 Å². The Morgan fingerprint density at radius 1 is 0.783 bits per heavy atom. The molecule has 1 rings (SSSR count). The molecule has 0 aliphatic rings. The monoisotopic (exact) mass is 366 g/mol. The molecule has 0 atom stereocenters. The summed E-state index contributed by atoms with van der Waals surface area (Å²) in [6.07, 6.45) is 12.3. The Bertz CT molecular complexity index is 474. The zero-order valence-electron chi connectivity index (χ0n) is 13.8. The fourth-order valence-corrected chi connectivity index (χ4v) is 3.38. The molecule has 0 fully saturated rings. The van der Waals surface area contributed by atoms with Crippen molar-refractivity contribution < 1.29 is 12.6 Å². The van der Waals surface area contributed by atoms with Gasteiger partial charge in [-0.05, 0) is 18.6 Å². The minimum atomic E-state index is -3.57. The molecule has 0 aromatic heterocycles. The molecule has 1 aromatic rings. The first-order chi connectivity index (χ1) is 10.7. The molecule has 0 N–H and O–H groups in total. The van der Waals surface area contributed by atoms with Gasteiger partial charge >= 0.3 is 51.4 Å². The zero-order valence-corrected chi connectivity index (χ0v) is 14.6. The van der Waals surface area contributed by atoms with Crippen LogP contribution in [0.25, 0.3) is 0 Å². The van der Waals surface area contributed by atoms with E-state index in [9.17, 15) is 8.42 Å². The number of unbranched alkanes of at least 4 members (excludes halogenated alkanes) is 9. The third-order valence-electron chi connectivity index (χ3n) is 3.77. The molecule has 0 aliphatic carbocycles. The predicted octanol–water partition coefficient (Wildman–Crippen LogP) is 4.66. The van der Waals surface area contributed by atoms with E-state index in [2.05, 4.69) is 6.92 Å². The molecule has 0 aliphatic heterocycles. The van der Waals surface area contributed by atoms with E-state index < -0.39 is 10.1 Å². The van der Waals surface area contributed by atoms with Crippen molar-refractivity contribution in [2.75, 3.05) is 6.61 Å². The van der Waals surface area contributed by atoms with Gasteiger partial charge in [-0.3, -0.25) is 4.18 Å². The summed E-state index contributed by atoms with van der Waals surface area (Å²) in [4.78, 5) is 0.238. The van der Waals surface area contributed by atoms with Gasteiger partial charge in [0.2, 0.25) is 0 Å². The van der Waals surface area contributed by atoms with Crippen LogP contribution in [0.5, 0.6) is 0 Å². The maximum absolute atomic E-state index is 11.9. The van der Waals surface area contributed by atoms with Crippen molar-refractivity contribution in [2.24, 2.45) is 0 Å². The van der Waals surface area contributed by atoms with Crippen LogP contribution in [-0.4, -0.2) is 66.4 Å². The average Bonchev–Trinajstić information content (AvgIpc) is 2.53. The summed E-state index contributed by atoms with van der Waals surface area (Å²) in [5, 5.41) is 0. The van der Waals surface area contributed by atoms with Crippen LogP contribution < -0.4 is 0 Å². The second kappa shape index (κ2) is 15.1. The van der Waals surface area contributed by atoms with Crippen LogP contribution in [0.15, 0.2) is 35.2 Å². The molecule has 0 heterocycles. The topological polar surface area (TPSA) is 43.4 Å². The van der Waals surface area contributed by atoms with Crippen molar-refractivity contribution in [1.29, 1.82) is 0 Å². The summed E-state index contributed by atoms with van der Waals surface area (Å²) < 4.78 is 28.8. The summed E-state index contributed by atoms with van der Waals surface area (Å²) in [6.45, 7) is 2.52. The van der Waals surface area contributed by atoms with E-state index in [1.165, 1.54) is 51.4 Å². The Balaban J connectivity index is 0.00000484. The molecule has 0 saturated heterocycles. The van der Waals surface area contributed by atoms with Gasteiger partial charge in [0, 0.05) is 0 Å². The maximum atomic E-state index is 11.9. The van der Waals surface area contributed by atoms with Crippen LogP contribution in [-0.2, 0) is 14.3 Å². The first-order valence-electron chi connectivity index (χ1n) is 8.61. The first kappa shape index (κ1) is 23.8. The number of hydrogen-bond donors (Lipinski definition) is 0. The van der Waals surface area contributed by atoms with Crippen molar-refractivity contribution in [3.8, 4) is 0 Å². The van der Waals surface area contributed by atoms with Crippen LogP contribution in [0.3, 0.4) is 0 Å². The summed E-state index contributed by atoms with van der Waals surface area (Å²) >= 11 is 0. The number of benzene rings is 1. The summed E-state index contributed by atoms with van der Waals surface area (Å²) in [5.74, 6) is 0. The van der Waals surface area contributed by atoms with E-state index in [0.29, 0.717) is 0 Å². The molecule has 0 unspecified atom stereocenters. The van der Waals surface area contributed by atoms with Gasteiger partial charge in [0.15, 0.2) is 0 Å². The Hall–Kier alpha value is 0.766. The van der Waals surface area contributed by atoms with Crippen molar-refractivity contribution in [3.05, 3.63) is 30.3 Å². The van der Waals surface area contributed by atoms with E-state index in [-0.39, 0.29) is 62.9 Å². The Morgan fingerprint density at radius 2 is 1.26 bits per heavy atom. The minimum absolute atomic E-state index is 0. The van der Waals surface area contributed by atoms with Gasteiger partial charge in [-0.2, -0.15) is 8.42 Å². The fraction of sp³-hybridized carbons (Fsp3) is 0.667. The SMILES string of the molecule is CCCCCCCCCCCCOS(=O)(=O)c1ccccc1.[KH]. The van der Waals surface area contributed by atoms with Crippen LogP contribution in [0.1, 0.15) is 71.1 Å². The van der Waals surface area contributed by atoms with Crippen LogP contribution >= 0.6 is 0 Å². The quantitative estimate of drug-likeness (QED) is 0.289. The molecule has 128 valence electrons. The second-order valence-corrected chi connectivity index (χ2v) is 7.39. The molecule has 23 heavy (non-hydrogen) atoms. The van der Waals surface area contributed by atoms with Crippen molar-refractivity contribution in [3.63, 3.8) is 0 Å². The van der Waals surface area contributed by atoms with Gasteiger partial charge in [0.05, 0.1) is 11.5 Å². The summed E-state index contributed by atoms with van der Waals surface area (Å²) in [6, 6.07) is 8.33. The number of rotatable bonds is 13. The molecule has 0 radical (unpaired) electrons. The van der Waals surface area contributed by atoms with Gasteiger partial charge in [-0.25, -0.2) is 0 Å². The molecule has 0 saturated carbocycles. The fourth-order valence-electron chi connectivity index (χ4n) is 2.41. The van der Waals surface area contributed by atoms with Gasteiger partial charge in [-0.15, -0.1) is 0 Å². The predicted molar refractivity (Wildman–Crippen MR) is 98.6 cm³/mol. The normalized spacial score (nSPS) is 11.2. The standard InChI is InChI=1S/C18H30O3S.K.H/c1-2-3-4-5-6-7-8-9-10-14-17-21-22(19,20)18-15-12-11-13-16-18;;/h11-13,15-16H,2-10,14,17H2,1H3;;. The molecular formula is C18H31KO3S. The van der Waals surface area contributed by atoms with Gasteiger partial charge in [0.1, 0.15) is 0 Å².